The lowest BCUT2D eigenvalue weighted by Gasteiger charge is -2.07. The number of nitrogens with one attached hydrogen (secondary N) is 1. The number of para-hydroxylation sites is 1. The summed E-state index contributed by atoms with van der Waals surface area (Å²) in [4.78, 5) is 15.9. The van der Waals surface area contributed by atoms with Crippen molar-refractivity contribution in [2.45, 2.75) is 6.54 Å². The van der Waals surface area contributed by atoms with Crippen LogP contribution in [0.15, 0.2) is 42.6 Å². The molecular formula is C13H12FN3O. The Labute approximate surface area is 104 Å². The van der Waals surface area contributed by atoms with Gasteiger partial charge in [0.2, 0.25) is 0 Å². The average molecular weight is 245 g/mol. The van der Waals surface area contributed by atoms with Gasteiger partial charge in [0, 0.05) is 6.20 Å². The van der Waals surface area contributed by atoms with Crippen molar-refractivity contribution in [3.63, 3.8) is 0 Å². The number of hydrogen-bond acceptors (Lipinski definition) is 3. The van der Waals surface area contributed by atoms with Gasteiger partial charge in [-0.15, -0.1) is 0 Å². The van der Waals surface area contributed by atoms with Crippen molar-refractivity contribution in [2.24, 2.45) is 0 Å². The van der Waals surface area contributed by atoms with Crippen LogP contribution >= 0.6 is 0 Å². The van der Waals surface area contributed by atoms with Gasteiger partial charge in [0.25, 0.3) is 5.91 Å². The zero-order valence-electron chi connectivity index (χ0n) is 9.56. The molecule has 0 unspecified atom stereocenters. The number of carbonyl (C=O) groups is 1. The van der Waals surface area contributed by atoms with Gasteiger partial charge in [0.05, 0.1) is 23.5 Å². The zero-order valence-corrected chi connectivity index (χ0v) is 9.56. The summed E-state index contributed by atoms with van der Waals surface area (Å²) in [6, 6.07) is 9.54. The van der Waals surface area contributed by atoms with Crippen molar-refractivity contribution in [1.82, 2.24) is 10.3 Å². The molecule has 2 aromatic rings. The van der Waals surface area contributed by atoms with E-state index in [1.165, 1.54) is 18.2 Å². The molecular weight excluding hydrogens is 233 g/mol. The second kappa shape index (κ2) is 5.27. The average Bonchev–Trinajstić information content (AvgIpc) is 2.40. The predicted octanol–water partition coefficient (Wildman–Crippen LogP) is 1.73. The van der Waals surface area contributed by atoms with Gasteiger partial charge in [0.1, 0.15) is 5.82 Å². The summed E-state index contributed by atoms with van der Waals surface area (Å²) in [6.07, 6.45) is 1.64. The highest BCUT2D eigenvalue weighted by atomic mass is 19.1. The van der Waals surface area contributed by atoms with Crippen LogP contribution in [-0.2, 0) is 6.54 Å². The highest BCUT2D eigenvalue weighted by molar-refractivity contribution is 5.99. The Kier molecular flexibility index (Phi) is 3.52. The Morgan fingerprint density at radius 3 is 2.83 bits per heavy atom. The maximum absolute atomic E-state index is 13.2. The van der Waals surface area contributed by atoms with Gasteiger partial charge in [0.15, 0.2) is 0 Å². The van der Waals surface area contributed by atoms with Gasteiger partial charge in [-0.05, 0) is 24.3 Å². The first-order chi connectivity index (χ1) is 8.68. The van der Waals surface area contributed by atoms with Crippen LogP contribution in [0.3, 0.4) is 0 Å². The molecule has 1 aromatic heterocycles. The van der Waals surface area contributed by atoms with Crippen LogP contribution in [0.4, 0.5) is 10.1 Å². The largest absolute Gasteiger partial charge is 0.396 e. The zero-order chi connectivity index (χ0) is 13.0. The van der Waals surface area contributed by atoms with E-state index in [-0.39, 0.29) is 17.8 Å². The van der Waals surface area contributed by atoms with Crippen molar-refractivity contribution >= 4 is 11.6 Å². The lowest BCUT2D eigenvalue weighted by Crippen LogP contribution is -2.24. The second-order valence-corrected chi connectivity index (χ2v) is 3.70. The summed E-state index contributed by atoms with van der Waals surface area (Å²) in [5, 5.41) is 2.64. The minimum absolute atomic E-state index is 0.130. The van der Waals surface area contributed by atoms with E-state index >= 15 is 0 Å². The number of rotatable bonds is 3. The highest BCUT2D eigenvalue weighted by Gasteiger charge is 2.12. The molecule has 1 aromatic carbocycles. The predicted molar refractivity (Wildman–Crippen MR) is 66.2 cm³/mol. The van der Waals surface area contributed by atoms with Crippen molar-refractivity contribution in [3.05, 3.63) is 59.7 Å². The topological polar surface area (TPSA) is 68.0 Å². The number of aromatic nitrogens is 1. The molecule has 2 rings (SSSR count). The molecule has 0 saturated heterocycles. The molecule has 0 radical (unpaired) electrons. The molecule has 0 saturated carbocycles. The van der Waals surface area contributed by atoms with E-state index in [0.29, 0.717) is 0 Å². The Morgan fingerprint density at radius 2 is 2.11 bits per heavy atom. The number of halogens is 1. The van der Waals surface area contributed by atoms with Crippen LogP contribution in [0.5, 0.6) is 0 Å². The molecule has 0 atom stereocenters. The monoisotopic (exact) mass is 245 g/mol. The number of amides is 1. The first kappa shape index (κ1) is 12.0. The van der Waals surface area contributed by atoms with Crippen LogP contribution in [0.2, 0.25) is 0 Å². The van der Waals surface area contributed by atoms with E-state index in [4.69, 9.17) is 5.73 Å². The van der Waals surface area contributed by atoms with E-state index in [0.717, 1.165) is 5.69 Å². The Balaban J connectivity index is 2.07. The summed E-state index contributed by atoms with van der Waals surface area (Å²) < 4.78 is 13.2. The lowest BCUT2D eigenvalue weighted by atomic mass is 10.1. The number of nitrogen functional groups attached to an aromatic ring is 1. The Hall–Kier alpha value is -2.43. The summed E-state index contributed by atoms with van der Waals surface area (Å²) in [7, 11) is 0. The first-order valence-electron chi connectivity index (χ1n) is 5.40. The lowest BCUT2D eigenvalue weighted by molar-refractivity contribution is 0.0951. The molecule has 1 heterocycles. The number of nitrogens with two attached hydrogens (primary N) is 1. The molecule has 0 aliphatic rings. The van der Waals surface area contributed by atoms with Gasteiger partial charge in [-0.25, -0.2) is 4.39 Å². The third kappa shape index (κ3) is 2.63. The molecule has 0 fully saturated rings. The van der Waals surface area contributed by atoms with Crippen molar-refractivity contribution < 1.29 is 9.18 Å². The van der Waals surface area contributed by atoms with Gasteiger partial charge in [-0.2, -0.15) is 0 Å². The summed E-state index contributed by atoms with van der Waals surface area (Å²) >= 11 is 0. The van der Waals surface area contributed by atoms with Gasteiger partial charge >= 0.3 is 0 Å². The molecule has 0 aliphatic heterocycles. The molecule has 4 nitrogen and oxygen atoms in total. The van der Waals surface area contributed by atoms with E-state index in [1.807, 2.05) is 6.07 Å². The molecule has 18 heavy (non-hydrogen) atoms. The minimum atomic E-state index is -0.597. The number of benzene rings is 1. The third-order valence-electron chi connectivity index (χ3n) is 2.45. The maximum atomic E-state index is 13.2. The molecule has 0 aliphatic carbocycles. The maximum Gasteiger partial charge on any atom is 0.253 e. The van der Waals surface area contributed by atoms with Crippen molar-refractivity contribution in [1.29, 1.82) is 0 Å². The molecule has 3 N–H and O–H groups in total. The summed E-state index contributed by atoms with van der Waals surface area (Å²) in [5.41, 5.74) is 6.21. The van der Waals surface area contributed by atoms with E-state index in [1.54, 1.807) is 18.3 Å². The smallest absolute Gasteiger partial charge is 0.253 e. The number of nitrogens with zero attached hydrogens (tertiary/aromatic N) is 1. The number of hydrogen-bond donors (Lipinski definition) is 2. The fourth-order valence-electron chi connectivity index (χ4n) is 1.50. The molecule has 0 spiro atoms. The van der Waals surface area contributed by atoms with Gasteiger partial charge < -0.3 is 11.1 Å². The summed E-state index contributed by atoms with van der Waals surface area (Å²) in [6.45, 7) is 0.273. The SMILES string of the molecule is Nc1c(F)cccc1C(=O)NCc1ccccn1. The second-order valence-electron chi connectivity index (χ2n) is 3.70. The Morgan fingerprint density at radius 1 is 1.28 bits per heavy atom. The minimum Gasteiger partial charge on any atom is -0.396 e. The van der Waals surface area contributed by atoms with Crippen molar-refractivity contribution in [3.8, 4) is 0 Å². The molecule has 1 amide bonds. The van der Waals surface area contributed by atoms with Crippen LogP contribution in [-0.4, -0.2) is 10.9 Å². The molecule has 0 bridgehead atoms. The third-order valence-corrected chi connectivity index (χ3v) is 2.45. The van der Waals surface area contributed by atoms with Crippen LogP contribution in [0.1, 0.15) is 16.1 Å². The quantitative estimate of drug-likeness (QED) is 0.809. The normalized spacial score (nSPS) is 10.1. The van der Waals surface area contributed by atoms with Crippen molar-refractivity contribution in [2.75, 3.05) is 5.73 Å². The highest BCUT2D eigenvalue weighted by Crippen LogP contribution is 2.15. The standard InChI is InChI=1S/C13H12FN3O/c14-11-6-3-5-10(12(11)15)13(18)17-8-9-4-1-2-7-16-9/h1-7H,8,15H2,(H,17,18). The van der Waals surface area contributed by atoms with E-state index in [9.17, 15) is 9.18 Å². The summed E-state index contributed by atoms with van der Waals surface area (Å²) in [5.74, 6) is -1.02. The number of carbonyl (C=O) groups excluding carboxylic acids is 1. The van der Waals surface area contributed by atoms with Crippen LogP contribution in [0, 0.1) is 5.82 Å². The molecule has 92 valence electrons. The first-order valence-corrected chi connectivity index (χ1v) is 5.40. The van der Waals surface area contributed by atoms with Crippen LogP contribution < -0.4 is 11.1 Å². The van der Waals surface area contributed by atoms with Gasteiger partial charge in [-0.1, -0.05) is 12.1 Å². The Bertz CT molecular complexity index is 557. The van der Waals surface area contributed by atoms with Gasteiger partial charge in [-0.3, -0.25) is 9.78 Å². The number of anilines is 1. The molecule has 5 heteroatoms. The van der Waals surface area contributed by atoms with Crippen LogP contribution in [0.25, 0.3) is 0 Å². The fraction of sp³-hybridized carbons (Fsp3) is 0.0769. The van der Waals surface area contributed by atoms with E-state index in [2.05, 4.69) is 10.3 Å². The number of pyridine rings is 1. The van der Waals surface area contributed by atoms with E-state index < -0.39 is 11.7 Å². The fourth-order valence-corrected chi connectivity index (χ4v) is 1.50.